The monoisotopic (exact) mass is 389 g/mol. The number of carbonyl (C=O) groups is 1. The zero-order valence-corrected chi connectivity index (χ0v) is 15.2. The summed E-state index contributed by atoms with van der Waals surface area (Å²) in [4.78, 5) is 16.3. The van der Waals surface area contributed by atoms with Crippen LogP contribution in [0.5, 0.6) is 0 Å². The summed E-state index contributed by atoms with van der Waals surface area (Å²) in [6.07, 6.45) is 4.96. The molecule has 6 heteroatoms. The van der Waals surface area contributed by atoms with E-state index >= 15 is 0 Å². The minimum Gasteiger partial charge on any atom is -0.343 e. The molecule has 2 fully saturated rings. The maximum Gasteiger partial charge on any atom is 0.230 e. The van der Waals surface area contributed by atoms with Gasteiger partial charge in [-0.1, -0.05) is 46.1 Å². The van der Waals surface area contributed by atoms with Gasteiger partial charge < -0.3 is 9.84 Å². The van der Waals surface area contributed by atoms with Crippen molar-refractivity contribution in [1.29, 1.82) is 0 Å². The normalized spacial score (nSPS) is 24.8. The molecule has 5 nitrogen and oxygen atoms in total. The number of hydrogen-bond acceptors (Lipinski definition) is 4. The van der Waals surface area contributed by atoms with Gasteiger partial charge in [0.05, 0.1) is 0 Å². The van der Waals surface area contributed by atoms with E-state index in [0.29, 0.717) is 23.6 Å². The summed E-state index contributed by atoms with van der Waals surface area (Å²) in [5.41, 5.74) is 0.871. The molecular weight excluding hydrogens is 370 g/mol. The smallest absolute Gasteiger partial charge is 0.230 e. The average Bonchev–Trinajstić information content (AvgIpc) is 2.97. The highest BCUT2D eigenvalue weighted by Crippen LogP contribution is 2.54. The van der Waals surface area contributed by atoms with Crippen LogP contribution < -0.4 is 5.32 Å². The van der Waals surface area contributed by atoms with E-state index < -0.39 is 5.54 Å². The molecule has 1 aromatic carbocycles. The predicted molar refractivity (Wildman–Crippen MR) is 92.5 cm³/mol. The molecule has 2 saturated carbocycles. The lowest BCUT2D eigenvalue weighted by molar-refractivity contribution is -0.121. The van der Waals surface area contributed by atoms with Crippen molar-refractivity contribution in [1.82, 2.24) is 15.5 Å². The number of nitrogens with one attached hydrogen (secondary N) is 1. The minimum atomic E-state index is -0.435. The lowest BCUT2D eigenvalue weighted by atomic mass is 9.96. The van der Waals surface area contributed by atoms with Crippen molar-refractivity contribution < 1.29 is 9.32 Å². The summed E-state index contributed by atoms with van der Waals surface area (Å²) in [5.74, 6) is 2.05. The minimum absolute atomic E-state index is 0.0394. The largest absolute Gasteiger partial charge is 0.343 e. The van der Waals surface area contributed by atoms with Crippen LogP contribution in [-0.4, -0.2) is 16.0 Å². The van der Waals surface area contributed by atoms with Gasteiger partial charge in [-0.05, 0) is 42.9 Å². The van der Waals surface area contributed by atoms with Gasteiger partial charge >= 0.3 is 0 Å². The third-order valence-electron chi connectivity index (χ3n) is 5.15. The van der Waals surface area contributed by atoms with E-state index in [-0.39, 0.29) is 5.91 Å². The van der Waals surface area contributed by atoms with Crippen LogP contribution in [0.3, 0.4) is 0 Å². The number of nitrogens with zero attached hydrogens (tertiary/aromatic N) is 2. The van der Waals surface area contributed by atoms with Crippen molar-refractivity contribution >= 4 is 21.8 Å². The SMILES string of the molecule is CC(=O)NC1(c2noc([C@@H]3C[C@H]3c3ccc(Br)cc3)n2)CCCC1. The topological polar surface area (TPSA) is 68.0 Å². The zero-order valence-electron chi connectivity index (χ0n) is 13.6. The first-order valence-electron chi connectivity index (χ1n) is 8.46. The summed E-state index contributed by atoms with van der Waals surface area (Å²) in [6, 6.07) is 8.41. The molecule has 0 bridgehead atoms. The van der Waals surface area contributed by atoms with E-state index in [1.165, 1.54) is 5.56 Å². The number of halogens is 1. The maximum atomic E-state index is 11.6. The summed E-state index contributed by atoms with van der Waals surface area (Å²) in [6.45, 7) is 1.55. The number of benzene rings is 1. The molecule has 1 heterocycles. The van der Waals surface area contributed by atoms with Crippen molar-refractivity contribution in [3.63, 3.8) is 0 Å². The molecule has 1 N–H and O–H groups in total. The summed E-state index contributed by atoms with van der Waals surface area (Å²) >= 11 is 3.47. The fourth-order valence-corrected chi connectivity index (χ4v) is 4.11. The van der Waals surface area contributed by atoms with Gasteiger partial charge in [0.1, 0.15) is 5.54 Å². The van der Waals surface area contributed by atoms with Crippen LogP contribution in [0.4, 0.5) is 0 Å². The van der Waals surface area contributed by atoms with Gasteiger partial charge in [-0.3, -0.25) is 4.79 Å². The lowest BCUT2D eigenvalue weighted by Gasteiger charge is -2.25. The quantitative estimate of drug-likeness (QED) is 0.857. The summed E-state index contributed by atoms with van der Waals surface area (Å²) < 4.78 is 6.65. The molecule has 2 aromatic rings. The lowest BCUT2D eigenvalue weighted by Crippen LogP contribution is -2.43. The molecule has 2 atom stereocenters. The van der Waals surface area contributed by atoms with E-state index in [0.717, 1.165) is 36.6 Å². The van der Waals surface area contributed by atoms with Crippen LogP contribution in [0.1, 0.15) is 68.1 Å². The first-order valence-corrected chi connectivity index (χ1v) is 9.25. The van der Waals surface area contributed by atoms with Gasteiger partial charge in [-0.25, -0.2) is 0 Å². The Hall–Kier alpha value is -1.69. The van der Waals surface area contributed by atoms with E-state index in [9.17, 15) is 4.79 Å². The number of amides is 1. The number of carbonyl (C=O) groups excluding carboxylic acids is 1. The Morgan fingerprint density at radius 1 is 1.25 bits per heavy atom. The van der Waals surface area contributed by atoms with Gasteiger partial charge in [0.25, 0.3) is 0 Å². The van der Waals surface area contributed by atoms with Crippen LogP contribution in [0.15, 0.2) is 33.3 Å². The van der Waals surface area contributed by atoms with Crippen LogP contribution in [-0.2, 0) is 10.3 Å². The molecule has 1 aromatic heterocycles. The van der Waals surface area contributed by atoms with Crippen molar-refractivity contribution in [3.05, 3.63) is 46.0 Å². The Bertz CT molecular complexity index is 750. The Morgan fingerprint density at radius 2 is 1.96 bits per heavy atom. The van der Waals surface area contributed by atoms with Crippen molar-refractivity contribution in [2.45, 2.75) is 56.4 Å². The average molecular weight is 390 g/mol. The number of aromatic nitrogens is 2. The van der Waals surface area contributed by atoms with E-state index in [1.807, 2.05) is 0 Å². The molecule has 126 valence electrons. The highest BCUT2D eigenvalue weighted by molar-refractivity contribution is 9.10. The van der Waals surface area contributed by atoms with Gasteiger partial charge in [0.15, 0.2) is 5.82 Å². The maximum absolute atomic E-state index is 11.6. The summed E-state index contributed by atoms with van der Waals surface area (Å²) in [7, 11) is 0. The molecule has 2 aliphatic rings. The Balaban J connectivity index is 1.53. The van der Waals surface area contributed by atoms with Crippen LogP contribution in [0.25, 0.3) is 0 Å². The second-order valence-electron chi connectivity index (χ2n) is 6.93. The molecule has 2 aliphatic carbocycles. The van der Waals surface area contributed by atoms with Gasteiger partial charge in [-0.15, -0.1) is 0 Å². The molecule has 0 saturated heterocycles. The molecule has 0 spiro atoms. The van der Waals surface area contributed by atoms with Crippen molar-refractivity contribution in [2.75, 3.05) is 0 Å². The van der Waals surface area contributed by atoms with E-state index in [1.54, 1.807) is 6.92 Å². The van der Waals surface area contributed by atoms with Gasteiger partial charge in [0, 0.05) is 17.3 Å². The highest BCUT2D eigenvalue weighted by Gasteiger charge is 2.46. The second kappa shape index (κ2) is 5.99. The molecule has 0 aliphatic heterocycles. The fraction of sp³-hybridized carbons (Fsp3) is 0.500. The fourth-order valence-electron chi connectivity index (χ4n) is 3.85. The molecule has 1 amide bonds. The Labute approximate surface area is 149 Å². The number of hydrogen-bond donors (Lipinski definition) is 1. The zero-order chi connectivity index (χ0) is 16.7. The first kappa shape index (κ1) is 15.8. The van der Waals surface area contributed by atoms with E-state index in [2.05, 4.69) is 55.7 Å². The molecule has 0 unspecified atom stereocenters. The van der Waals surface area contributed by atoms with Crippen LogP contribution in [0.2, 0.25) is 0 Å². The molecular formula is C18H20BrN3O2. The third kappa shape index (κ3) is 2.88. The molecule has 4 rings (SSSR count). The molecule has 24 heavy (non-hydrogen) atoms. The number of rotatable bonds is 4. The van der Waals surface area contributed by atoms with E-state index in [4.69, 9.17) is 4.52 Å². The van der Waals surface area contributed by atoms with Gasteiger partial charge in [0.2, 0.25) is 11.8 Å². The highest BCUT2D eigenvalue weighted by atomic mass is 79.9. The second-order valence-corrected chi connectivity index (χ2v) is 7.84. The first-order chi connectivity index (χ1) is 11.6. The summed E-state index contributed by atoms with van der Waals surface area (Å²) in [5, 5.41) is 7.28. The van der Waals surface area contributed by atoms with Crippen LogP contribution in [0, 0.1) is 0 Å². The Morgan fingerprint density at radius 3 is 2.62 bits per heavy atom. The predicted octanol–water partition coefficient (Wildman–Crippen LogP) is 4.01. The standard InChI is InChI=1S/C18H20BrN3O2/c1-11(23)21-18(8-2-3-9-18)17-20-16(24-22-17)15-10-14(15)12-4-6-13(19)7-5-12/h4-7,14-15H,2-3,8-10H2,1H3,(H,21,23)/t14-,15+/m0/s1. The van der Waals surface area contributed by atoms with Crippen LogP contribution >= 0.6 is 15.9 Å². The van der Waals surface area contributed by atoms with Crippen molar-refractivity contribution in [2.24, 2.45) is 0 Å². The third-order valence-corrected chi connectivity index (χ3v) is 5.68. The van der Waals surface area contributed by atoms with Gasteiger partial charge in [-0.2, -0.15) is 4.98 Å². The van der Waals surface area contributed by atoms with Crippen molar-refractivity contribution in [3.8, 4) is 0 Å². The molecule has 0 radical (unpaired) electrons. The Kier molecular flexibility index (Phi) is 3.95.